The molecule has 1 heterocycles. The number of aromatic amines is 1. The second-order valence-electron chi connectivity index (χ2n) is 6.47. The molecule has 0 saturated carbocycles. The molecule has 0 aliphatic rings. The predicted molar refractivity (Wildman–Crippen MR) is 125 cm³/mol. The van der Waals surface area contributed by atoms with E-state index in [4.69, 9.17) is 33.3 Å². The summed E-state index contributed by atoms with van der Waals surface area (Å²) in [6.07, 6.45) is 0. The predicted octanol–water partition coefficient (Wildman–Crippen LogP) is 5.61. The lowest BCUT2D eigenvalue weighted by Gasteiger charge is -2.11. The Morgan fingerprint density at radius 1 is 0.967 bits per heavy atom. The highest BCUT2D eigenvalue weighted by molar-refractivity contribution is 7.80. The van der Waals surface area contributed by atoms with Crippen molar-refractivity contribution in [3.05, 3.63) is 77.6 Å². The minimum Gasteiger partial charge on any atom is -0.497 e. The van der Waals surface area contributed by atoms with Crippen molar-refractivity contribution in [3.8, 4) is 11.5 Å². The van der Waals surface area contributed by atoms with E-state index in [9.17, 15) is 0 Å². The largest absolute Gasteiger partial charge is 0.497 e. The Bertz CT molecular complexity index is 1160. The van der Waals surface area contributed by atoms with Crippen LogP contribution >= 0.6 is 23.8 Å². The maximum Gasteiger partial charge on any atom is 0.175 e. The first kappa shape index (κ1) is 20.0. The van der Waals surface area contributed by atoms with Crippen molar-refractivity contribution in [1.29, 1.82) is 0 Å². The van der Waals surface area contributed by atoms with Crippen molar-refractivity contribution >= 4 is 51.3 Å². The summed E-state index contributed by atoms with van der Waals surface area (Å²) >= 11 is 11.4. The molecule has 6 nitrogen and oxygen atoms in total. The zero-order chi connectivity index (χ0) is 20.9. The van der Waals surface area contributed by atoms with Crippen molar-refractivity contribution in [2.24, 2.45) is 0 Å². The van der Waals surface area contributed by atoms with E-state index in [0.29, 0.717) is 16.7 Å². The van der Waals surface area contributed by atoms with E-state index >= 15 is 0 Å². The summed E-state index contributed by atoms with van der Waals surface area (Å²) in [7, 11) is 1.63. The highest BCUT2D eigenvalue weighted by Crippen LogP contribution is 2.20. The van der Waals surface area contributed by atoms with Crippen molar-refractivity contribution in [2.75, 3.05) is 17.7 Å². The van der Waals surface area contributed by atoms with E-state index in [1.807, 2.05) is 66.7 Å². The lowest BCUT2D eigenvalue weighted by atomic mass is 10.3. The molecule has 0 saturated heterocycles. The molecular weight excluding hydrogens is 420 g/mol. The minimum atomic E-state index is 0.330. The van der Waals surface area contributed by atoms with Crippen LogP contribution in [-0.2, 0) is 6.61 Å². The molecular formula is C22H19ClN4O2S. The number of fused-ring (bicyclic) bond motifs is 1. The highest BCUT2D eigenvalue weighted by atomic mass is 35.5. The number of H-pyrrole nitrogens is 1. The maximum atomic E-state index is 6.01. The fourth-order valence-corrected chi connectivity index (χ4v) is 3.26. The Balaban J connectivity index is 1.31. The number of nitrogens with zero attached hydrogens (tertiary/aromatic N) is 1. The van der Waals surface area contributed by atoms with Gasteiger partial charge in [-0.2, -0.15) is 0 Å². The van der Waals surface area contributed by atoms with Crippen LogP contribution in [0, 0.1) is 0 Å². The number of benzene rings is 3. The van der Waals surface area contributed by atoms with E-state index < -0.39 is 0 Å². The second kappa shape index (κ2) is 9.02. The Hall–Kier alpha value is -3.29. The minimum absolute atomic E-state index is 0.330. The third-order valence-electron chi connectivity index (χ3n) is 4.33. The molecule has 0 aliphatic carbocycles. The molecule has 4 rings (SSSR count). The SMILES string of the molecule is COc1ccc(NC(=S)Nc2ccc(OCc3nc4ccc(Cl)cc4[nH]3)cc2)cc1. The van der Waals surface area contributed by atoms with Gasteiger partial charge in [0.15, 0.2) is 5.11 Å². The number of thiocarbonyl (C=S) groups is 1. The molecule has 4 aromatic rings. The average Bonchev–Trinajstić information content (AvgIpc) is 3.16. The van der Waals surface area contributed by atoms with Crippen LogP contribution in [0.15, 0.2) is 66.7 Å². The topological polar surface area (TPSA) is 71.2 Å². The normalized spacial score (nSPS) is 10.6. The van der Waals surface area contributed by atoms with Gasteiger partial charge in [0.1, 0.15) is 23.9 Å². The average molecular weight is 439 g/mol. The quantitative estimate of drug-likeness (QED) is 0.340. The van der Waals surface area contributed by atoms with E-state index in [2.05, 4.69) is 20.6 Å². The van der Waals surface area contributed by atoms with Crippen molar-refractivity contribution in [3.63, 3.8) is 0 Å². The number of rotatable bonds is 6. The van der Waals surface area contributed by atoms with Gasteiger partial charge in [-0.1, -0.05) is 11.6 Å². The van der Waals surface area contributed by atoms with E-state index in [0.717, 1.165) is 39.7 Å². The van der Waals surface area contributed by atoms with E-state index in [-0.39, 0.29) is 0 Å². The van der Waals surface area contributed by atoms with Crippen molar-refractivity contribution in [1.82, 2.24) is 9.97 Å². The molecule has 3 N–H and O–H groups in total. The number of nitrogens with one attached hydrogen (secondary N) is 3. The lowest BCUT2D eigenvalue weighted by molar-refractivity contribution is 0.297. The number of methoxy groups -OCH3 is 1. The molecule has 0 radical (unpaired) electrons. The van der Waals surface area contributed by atoms with Gasteiger partial charge in [0, 0.05) is 16.4 Å². The number of hydrogen-bond acceptors (Lipinski definition) is 4. The van der Waals surface area contributed by atoms with Gasteiger partial charge in [-0.15, -0.1) is 0 Å². The third-order valence-corrected chi connectivity index (χ3v) is 4.77. The summed E-state index contributed by atoms with van der Waals surface area (Å²) in [5.41, 5.74) is 3.47. The monoisotopic (exact) mass is 438 g/mol. The smallest absolute Gasteiger partial charge is 0.175 e. The Kier molecular flexibility index (Phi) is 6.02. The molecule has 3 aromatic carbocycles. The summed E-state index contributed by atoms with van der Waals surface area (Å²) in [6.45, 7) is 0.330. The van der Waals surface area contributed by atoms with Gasteiger partial charge in [-0.05, 0) is 78.9 Å². The van der Waals surface area contributed by atoms with Gasteiger partial charge >= 0.3 is 0 Å². The molecule has 0 unspecified atom stereocenters. The molecule has 0 fully saturated rings. The summed E-state index contributed by atoms with van der Waals surface area (Å²) in [4.78, 5) is 7.70. The van der Waals surface area contributed by atoms with Crippen LogP contribution < -0.4 is 20.1 Å². The second-order valence-corrected chi connectivity index (χ2v) is 7.31. The van der Waals surface area contributed by atoms with Gasteiger partial charge in [0.2, 0.25) is 0 Å². The zero-order valence-electron chi connectivity index (χ0n) is 16.1. The van der Waals surface area contributed by atoms with Crippen LogP contribution in [0.25, 0.3) is 11.0 Å². The van der Waals surface area contributed by atoms with Crippen molar-refractivity contribution in [2.45, 2.75) is 6.61 Å². The molecule has 1 aromatic heterocycles. The van der Waals surface area contributed by atoms with Crippen LogP contribution in [-0.4, -0.2) is 22.2 Å². The standard InChI is InChI=1S/C22H19ClN4O2S/c1-28-17-7-3-15(4-8-17)24-22(30)25-16-5-9-18(10-6-16)29-13-21-26-19-11-2-14(23)12-20(19)27-21/h2-12H,13H2,1H3,(H,26,27)(H2,24,25,30). The number of anilines is 2. The van der Waals surface area contributed by atoms with Gasteiger partial charge < -0.3 is 25.1 Å². The molecule has 0 amide bonds. The molecule has 0 spiro atoms. The molecule has 8 heteroatoms. The first-order valence-electron chi connectivity index (χ1n) is 9.18. The van der Waals surface area contributed by atoms with Crippen LogP contribution in [0.1, 0.15) is 5.82 Å². The van der Waals surface area contributed by atoms with E-state index in [1.165, 1.54) is 0 Å². The molecule has 0 bridgehead atoms. The van der Waals surface area contributed by atoms with E-state index in [1.54, 1.807) is 7.11 Å². The van der Waals surface area contributed by atoms with Gasteiger partial charge in [-0.25, -0.2) is 4.98 Å². The van der Waals surface area contributed by atoms with Crippen LogP contribution in [0.5, 0.6) is 11.5 Å². The zero-order valence-corrected chi connectivity index (χ0v) is 17.7. The van der Waals surface area contributed by atoms with Crippen molar-refractivity contribution < 1.29 is 9.47 Å². The number of halogens is 1. The Labute approximate surface area is 184 Å². The van der Waals surface area contributed by atoms with Gasteiger partial charge in [0.25, 0.3) is 0 Å². The fraction of sp³-hybridized carbons (Fsp3) is 0.0909. The summed E-state index contributed by atoms with van der Waals surface area (Å²) in [5, 5.41) is 7.44. The fourth-order valence-electron chi connectivity index (χ4n) is 2.86. The first-order valence-corrected chi connectivity index (χ1v) is 9.97. The number of aromatic nitrogens is 2. The molecule has 152 valence electrons. The maximum absolute atomic E-state index is 6.01. The lowest BCUT2D eigenvalue weighted by Crippen LogP contribution is -2.18. The summed E-state index contributed by atoms with van der Waals surface area (Å²) in [5.74, 6) is 2.26. The van der Waals surface area contributed by atoms with Gasteiger partial charge in [-0.3, -0.25) is 0 Å². The van der Waals surface area contributed by atoms with Crippen LogP contribution in [0.4, 0.5) is 11.4 Å². The summed E-state index contributed by atoms with van der Waals surface area (Å²) < 4.78 is 11.0. The highest BCUT2D eigenvalue weighted by Gasteiger charge is 2.05. The number of hydrogen-bond donors (Lipinski definition) is 3. The van der Waals surface area contributed by atoms with Gasteiger partial charge in [0.05, 0.1) is 18.1 Å². The van der Waals surface area contributed by atoms with Crippen LogP contribution in [0.2, 0.25) is 5.02 Å². The molecule has 0 aliphatic heterocycles. The molecule has 30 heavy (non-hydrogen) atoms. The van der Waals surface area contributed by atoms with Crippen LogP contribution in [0.3, 0.4) is 0 Å². The first-order chi connectivity index (χ1) is 14.6. The number of ether oxygens (including phenoxy) is 2. The molecule has 0 atom stereocenters. The Morgan fingerprint density at radius 3 is 2.23 bits per heavy atom. The number of imidazole rings is 1. The third kappa shape index (κ3) is 5.00. The summed E-state index contributed by atoms with van der Waals surface area (Å²) in [6, 6.07) is 20.6. The Morgan fingerprint density at radius 2 is 1.60 bits per heavy atom.